The molecule has 0 bridgehead atoms. The quantitative estimate of drug-likeness (QED) is 0.247. The molecule has 2 aromatic heterocycles. The van der Waals surface area contributed by atoms with Gasteiger partial charge in [0.15, 0.2) is 5.82 Å². The third-order valence-corrected chi connectivity index (χ3v) is 6.68. The van der Waals surface area contributed by atoms with Crippen molar-refractivity contribution in [2.75, 3.05) is 34.7 Å². The Morgan fingerprint density at radius 2 is 1.83 bits per heavy atom. The second kappa shape index (κ2) is 9.68. The Labute approximate surface area is 208 Å². The molecule has 0 spiro atoms. The largest absolute Gasteiger partial charge is 0.337 e. The summed E-state index contributed by atoms with van der Waals surface area (Å²) in [7, 11) is -3.45. The number of nitrogens with one attached hydrogen (secondary N) is 5. The maximum absolute atomic E-state index is 11.7. The summed E-state index contributed by atoms with van der Waals surface area (Å²) in [6.45, 7) is 2.04. The van der Waals surface area contributed by atoms with Crippen LogP contribution in [-0.4, -0.2) is 47.9 Å². The Bertz CT molecular complexity index is 1470. The normalized spacial score (nSPS) is 14.7. The van der Waals surface area contributed by atoms with Crippen LogP contribution in [0.1, 0.15) is 24.5 Å². The van der Waals surface area contributed by atoms with Gasteiger partial charge in [0.05, 0.1) is 29.3 Å². The van der Waals surface area contributed by atoms with Crippen molar-refractivity contribution in [1.29, 1.82) is 0 Å². The average molecular weight is 513 g/mol. The van der Waals surface area contributed by atoms with Crippen molar-refractivity contribution in [3.63, 3.8) is 0 Å². The lowest BCUT2D eigenvalue weighted by Gasteiger charge is -2.21. The van der Waals surface area contributed by atoms with Crippen LogP contribution in [-0.2, 0) is 10.0 Å². The van der Waals surface area contributed by atoms with E-state index in [1.807, 2.05) is 12.1 Å². The average Bonchev–Trinajstić information content (AvgIpc) is 3.25. The number of piperidine rings is 1. The molecule has 1 aliphatic rings. The Morgan fingerprint density at radius 3 is 2.60 bits per heavy atom. The van der Waals surface area contributed by atoms with Gasteiger partial charge in [0.2, 0.25) is 16.0 Å². The highest BCUT2D eigenvalue weighted by Crippen LogP contribution is 2.32. The van der Waals surface area contributed by atoms with E-state index in [0.29, 0.717) is 34.1 Å². The van der Waals surface area contributed by atoms with E-state index in [9.17, 15) is 8.42 Å². The van der Waals surface area contributed by atoms with E-state index in [2.05, 4.69) is 46.9 Å². The van der Waals surface area contributed by atoms with E-state index >= 15 is 0 Å². The number of nitrogens with zero attached hydrogens (tertiary/aromatic N) is 3. The van der Waals surface area contributed by atoms with Gasteiger partial charge in [0, 0.05) is 22.7 Å². The van der Waals surface area contributed by atoms with Gasteiger partial charge in [-0.1, -0.05) is 23.7 Å². The third kappa shape index (κ3) is 5.47. The number of halogens is 1. The standard InChI is InChI=1S/C23H25ClN8O2S/c1-35(33,34)32-19-5-3-2-4-18(19)28-22-17(24)13-26-23(29-22)27-15-6-7-16-20(12-15)30-31-21(16)14-8-10-25-11-9-14/h2-7,12-14,25,32H,8-11H2,1H3,(H,30,31)(H2,26,27,28,29). The maximum atomic E-state index is 11.7. The van der Waals surface area contributed by atoms with Crippen molar-refractivity contribution in [2.24, 2.45) is 0 Å². The minimum Gasteiger partial charge on any atom is -0.337 e. The number of hydrogen-bond donors (Lipinski definition) is 5. The number of anilines is 5. The number of hydrogen-bond acceptors (Lipinski definition) is 8. The molecule has 0 saturated carbocycles. The fourth-order valence-electron chi connectivity index (χ4n) is 4.18. The van der Waals surface area contributed by atoms with Crippen molar-refractivity contribution < 1.29 is 8.42 Å². The van der Waals surface area contributed by atoms with Gasteiger partial charge in [0.1, 0.15) is 5.02 Å². The highest BCUT2D eigenvalue weighted by atomic mass is 35.5. The van der Waals surface area contributed by atoms with Gasteiger partial charge in [-0.3, -0.25) is 9.82 Å². The van der Waals surface area contributed by atoms with E-state index in [4.69, 9.17) is 11.6 Å². The van der Waals surface area contributed by atoms with Crippen molar-refractivity contribution in [3.05, 3.63) is 59.4 Å². The molecule has 4 aromatic rings. The minimum atomic E-state index is -3.45. The van der Waals surface area contributed by atoms with Crippen LogP contribution in [0.4, 0.5) is 28.8 Å². The summed E-state index contributed by atoms with van der Waals surface area (Å²) < 4.78 is 25.9. The molecule has 3 heterocycles. The Hall–Kier alpha value is -3.41. The first-order valence-corrected chi connectivity index (χ1v) is 13.4. The number of benzene rings is 2. The molecule has 0 aliphatic carbocycles. The number of fused-ring (bicyclic) bond motifs is 1. The summed E-state index contributed by atoms with van der Waals surface area (Å²) in [6, 6.07) is 12.9. The highest BCUT2D eigenvalue weighted by Gasteiger charge is 2.20. The van der Waals surface area contributed by atoms with Crippen LogP contribution in [0.2, 0.25) is 5.02 Å². The lowest BCUT2D eigenvalue weighted by molar-refractivity contribution is 0.454. The van der Waals surface area contributed by atoms with Crippen LogP contribution >= 0.6 is 11.6 Å². The number of rotatable bonds is 7. The predicted molar refractivity (Wildman–Crippen MR) is 139 cm³/mol. The Kier molecular flexibility index (Phi) is 6.46. The zero-order valence-electron chi connectivity index (χ0n) is 19.0. The first-order chi connectivity index (χ1) is 16.9. The van der Waals surface area contributed by atoms with E-state index in [-0.39, 0.29) is 0 Å². The summed E-state index contributed by atoms with van der Waals surface area (Å²) >= 11 is 6.32. The van der Waals surface area contributed by atoms with Gasteiger partial charge >= 0.3 is 0 Å². The van der Waals surface area contributed by atoms with E-state index in [1.54, 1.807) is 24.3 Å². The van der Waals surface area contributed by atoms with Gasteiger partial charge in [0.25, 0.3) is 0 Å². The smallest absolute Gasteiger partial charge is 0.229 e. The van der Waals surface area contributed by atoms with Gasteiger partial charge in [-0.05, 0) is 56.3 Å². The van der Waals surface area contributed by atoms with Crippen LogP contribution < -0.4 is 20.7 Å². The molecule has 0 atom stereocenters. The van der Waals surface area contributed by atoms with Crippen molar-refractivity contribution >= 4 is 61.4 Å². The van der Waals surface area contributed by atoms with E-state index in [1.165, 1.54) is 11.9 Å². The second-order valence-electron chi connectivity index (χ2n) is 8.45. The molecule has 1 fully saturated rings. The highest BCUT2D eigenvalue weighted by molar-refractivity contribution is 7.92. The SMILES string of the molecule is CS(=O)(=O)Nc1ccccc1Nc1nc(Nc2ccc3c(C4CCNCC4)[nH]nc3c2)ncc1Cl. The topological polar surface area (TPSA) is 137 Å². The predicted octanol–water partition coefficient (Wildman–Crippen LogP) is 4.33. The first kappa shape index (κ1) is 23.3. The molecular formula is C23H25ClN8O2S. The lowest BCUT2D eigenvalue weighted by Crippen LogP contribution is -2.26. The van der Waals surface area contributed by atoms with Crippen LogP contribution in [0.25, 0.3) is 10.9 Å². The molecule has 2 aromatic carbocycles. The number of aromatic nitrogens is 4. The molecule has 182 valence electrons. The van der Waals surface area contributed by atoms with Crippen LogP contribution in [0.15, 0.2) is 48.7 Å². The number of aromatic amines is 1. The summed E-state index contributed by atoms with van der Waals surface area (Å²) in [6.07, 6.45) is 4.76. The molecule has 0 radical (unpaired) electrons. The van der Waals surface area contributed by atoms with Crippen molar-refractivity contribution in [3.8, 4) is 0 Å². The molecule has 0 unspecified atom stereocenters. The summed E-state index contributed by atoms with van der Waals surface area (Å²) in [5, 5.41) is 18.8. The van der Waals surface area contributed by atoms with Crippen LogP contribution in [0.5, 0.6) is 0 Å². The fraction of sp³-hybridized carbons (Fsp3) is 0.261. The lowest BCUT2D eigenvalue weighted by atomic mass is 9.92. The van der Waals surface area contributed by atoms with Crippen LogP contribution in [0.3, 0.4) is 0 Å². The van der Waals surface area contributed by atoms with E-state index < -0.39 is 10.0 Å². The Balaban J connectivity index is 1.37. The Morgan fingerprint density at radius 1 is 1.06 bits per heavy atom. The fourth-order valence-corrected chi connectivity index (χ4v) is 4.90. The molecule has 0 amide bonds. The zero-order valence-corrected chi connectivity index (χ0v) is 20.5. The van der Waals surface area contributed by atoms with Crippen molar-refractivity contribution in [1.82, 2.24) is 25.5 Å². The summed E-state index contributed by atoms with van der Waals surface area (Å²) in [4.78, 5) is 8.76. The summed E-state index contributed by atoms with van der Waals surface area (Å²) in [5.41, 5.74) is 3.73. The molecule has 5 N–H and O–H groups in total. The molecule has 35 heavy (non-hydrogen) atoms. The van der Waals surface area contributed by atoms with Gasteiger partial charge in [-0.25, -0.2) is 13.4 Å². The van der Waals surface area contributed by atoms with E-state index in [0.717, 1.165) is 48.8 Å². The number of para-hydroxylation sites is 2. The second-order valence-corrected chi connectivity index (χ2v) is 10.6. The van der Waals surface area contributed by atoms with Crippen LogP contribution in [0, 0.1) is 0 Å². The summed E-state index contributed by atoms with van der Waals surface area (Å²) in [5.74, 6) is 1.15. The molecule has 1 saturated heterocycles. The van der Waals surface area contributed by atoms with Gasteiger partial charge < -0.3 is 16.0 Å². The van der Waals surface area contributed by atoms with Gasteiger partial charge in [-0.2, -0.15) is 10.1 Å². The molecule has 5 rings (SSSR count). The molecular weight excluding hydrogens is 488 g/mol. The number of sulfonamides is 1. The first-order valence-electron chi connectivity index (χ1n) is 11.2. The monoisotopic (exact) mass is 512 g/mol. The maximum Gasteiger partial charge on any atom is 0.229 e. The van der Waals surface area contributed by atoms with Gasteiger partial charge in [-0.15, -0.1) is 0 Å². The number of H-pyrrole nitrogens is 1. The zero-order chi connectivity index (χ0) is 24.4. The molecule has 12 heteroatoms. The minimum absolute atomic E-state index is 0.291. The third-order valence-electron chi connectivity index (χ3n) is 5.81. The molecule has 10 nitrogen and oxygen atoms in total. The van der Waals surface area contributed by atoms with Crippen molar-refractivity contribution in [2.45, 2.75) is 18.8 Å². The molecule has 1 aliphatic heterocycles.